The Balaban J connectivity index is 2.31. The van der Waals surface area contributed by atoms with E-state index in [2.05, 4.69) is 16.5 Å². The summed E-state index contributed by atoms with van der Waals surface area (Å²) in [5, 5.41) is 0.252. The molecule has 0 aliphatic carbocycles. The molecule has 0 radical (unpaired) electrons. The van der Waals surface area contributed by atoms with Crippen LogP contribution in [0.1, 0.15) is 6.42 Å². The lowest BCUT2D eigenvalue weighted by atomic mass is 10.1. The molecule has 1 aliphatic rings. The lowest BCUT2D eigenvalue weighted by molar-refractivity contribution is -0.117. The van der Waals surface area contributed by atoms with Gasteiger partial charge in [0.15, 0.2) is 0 Å². The topological polar surface area (TPSA) is 55.3 Å². The van der Waals surface area contributed by atoms with Gasteiger partial charge in [-0.2, -0.15) is 4.98 Å². The fourth-order valence-corrected chi connectivity index (χ4v) is 1.87. The van der Waals surface area contributed by atoms with Crippen molar-refractivity contribution in [2.24, 2.45) is 5.92 Å². The van der Waals surface area contributed by atoms with Gasteiger partial charge >= 0.3 is 0 Å². The summed E-state index contributed by atoms with van der Waals surface area (Å²) in [6.45, 7) is 4.22. The van der Waals surface area contributed by atoms with E-state index in [1.54, 1.807) is 6.08 Å². The van der Waals surface area contributed by atoms with Crippen LogP contribution >= 0.6 is 11.6 Å². The molecular weight excluding hydrogens is 242 g/mol. The van der Waals surface area contributed by atoms with Gasteiger partial charge in [-0.05, 0) is 0 Å². The van der Waals surface area contributed by atoms with E-state index in [0.29, 0.717) is 18.8 Å². The Hall–Kier alpha value is -1.62. The van der Waals surface area contributed by atoms with E-state index in [-0.39, 0.29) is 22.9 Å². The average Bonchev–Trinajstić information content (AvgIpc) is 2.69. The molecular formula is C11H12ClN3O2. The molecule has 2 heterocycles. The number of methoxy groups -OCH3 is 1. The minimum atomic E-state index is -0.0285. The van der Waals surface area contributed by atoms with Gasteiger partial charge in [-0.3, -0.25) is 9.69 Å². The summed E-state index contributed by atoms with van der Waals surface area (Å²) in [6, 6.07) is 1.50. The highest BCUT2D eigenvalue weighted by molar-refractivity contribution is 6.29. The largest absolute Gasteiger partial charge is 0.481 e. The summed E-state index contributed by atoms with van der Waals surface area (Å²) in [5.41, 5.74) is 0. The predicted octanol–water partition coefficient (Wildman–Crippen LogP) is 1.68. The second-order valence-electron chi connectivity index (χ2n) is 3.74. The quantitative estimate of drug-likeness (QED) is 0.608. The highest BCUT2D eigenvalue weighted by atomic mass is 35.5. The van der Waals surface area contributed by atoms with E-state index >= 15 is 0 Å². The summed E-state index contributed by atoms with van der Waals surface area (Å²) < 4.78 is 4.99. The van der Waals surface area contributed by atoms with Crippen LogP contribution in [0.15, 0.2) is 18.7 Å². The van der Waals surface area contributed by atoms with Crippen molar-refractivity contribution in [2.75, 3.05) is 18.6 Å². The Morgan fingerprint density at radius 1 is 1.65 bits per heavy atom. The molecule has 0 saturated carbocycles. The summed E-state index contributed by atoms with van der Waals surface area (Å²) in [5.74, 6) is 0.730. The second-order valence-corrected chi connectivity index (χ2v) is 4.12. The van der Waals surface area contributed by atoms with Gasteiger partial charge in [0, 0.05) is 24.9 Å². The summed E-state index contributed by atoms with van der Waals surface area (Å²) >= 11 is 5.84. The Bertz CT molecular complexity index is 464. The van der Waals surface area contributed by atoms with E-state index in [1.807, 2.05) is 0 Å². The molecule has 0 bridgehead atoms. The molecule has 90 valence electrons. The van der Waals surface area contributed by atoms with Crippen molar-refractivity contribution in [2.45, 2.75) is 6.42 Å². The molecule has 0 spiro atoms. The number of ether oxygens (including phenoxy) is 1. The van der Waals surface area contributed by atoms with Gasteiger partial charge in [0.05, 0.1) is 7.11 Å². The van der Waals surface area contributed by atoms with Crippen LogP contribution in [0.2, 0.25) is 5.15 Å². The number of carbonyl (C=O) groups excluding carboxylic acids is 1. The molecule has 0 aromatic carbocycles. The lowest BCUT2D eigenvalue weighted by Crippen LogP contribution is -2.26. The number of nitrogens with zero attached hydrogens (tertiary/aromatic N) is 3. The van der Waals surface area contributed by atoms with Gasteiger partial charge < -0.3 is 4.74 Å². The fourth-order valence-electron chi connectivity index (χ4n) is 1.70. The van der Waals surface area contributed by atoms with Crippen molar-refractivity contribution in [3.8, 4) is 5.88 Å². The number of hydrogen-bond acceptors (Lipinski definition) is 4. The molecule has 1 aliphatic heterocycles. The van der Waals surface area contributed by atoms with E-state index in [0.717, 1.165) is 0 Å². The number of amides is 1. The highest BCUT2D eigenvalue weighted by Crippen LogP contribution is 2.25. The maximum Gasteiger partial charge on any atom is 0.236 e. The first-order valence-corrected chi connectivity index (χ1v) is 5.53. The third kappa shape index (κ3) is 2.39. The van der Waals surface area contributed by atoms with Crippen LogP contribution in [0.3, 0.4) is 0 Å². The number of rotatable bonds is 3. The highest BCUT2D eigenvalue weighted by Gasteiger charge is 2.30. The van der Waals surface area contributed by atoms with Gasteiger partial charge in [0.25, 0.3) is 0 Å². The van der Waals surface area contributed by atoms with Crippen LogP contribution in [0, 0.1) is 5.92 Å². The van der Waals surface area contributed by atoms with Crippen LogP contribution in [-0.2, 0) is 4.79 Å². The molecule has 1 saturated heterocycles. The Morgan fingerprint density at radius 2 is 2.41 bits per heavy atom. The molecule has 1 aromatic rings. The zero-order valence-electron chi connectivity index (χ0n) is 9.39. The zero-order chi connectivity index (χ0) is 12.4. The SMILES string of the molecule is C=CC1CC(=O)N(c2nc(Cl)cc(OC)n2)C1. The van der Waals surface area contributed by atoms with Gasteiger partial charge in [-0.15, -0.1) is 6.58 Å². The Kier molecular flexibility index (Phi) is 3.28. The standard InChI is InChI=1S/C11H12ClN3O2/c1-3-7-4-10(16)15(6-7)11-13-8(12)5-9(14-11)17-2/h3,5,7H,1,4,6H2,2H3. The monoisotopic (exact) mass is 253 g/mol. The van der Waals surface area contributed by atoms with E-state index in [1.165, 1.54) is 18.1 Å². The van der Waals surface area contributed by atoms with Crippen molar-refractivity contribution >= 4 is 23.5 Å². The van der Waals surface area contributed by atoms with Crippen molar-refractivity contribution in [1.82, 2.24) is 9.97 Å². The van der Waals surface area contributed by atoms with E-state index < -0.39 is 0 Å². The van der Waals surface area contributed by atoms with Crippen molar-refractivity contribution in [3.63, 3.8) is 0 Å². The summed E-state index contributed by atoms with van der Waals surface area (Å²) in [6.07, 6.45) is 2.20. The van der Waals surface area contributed by atoms with Gasteiger partial charge in [-0.25, -0.2) is 4.98 Å². The predicted molar refractivity (Wildman–Crippen MR) is 64.3 cm³/mol. The van der Waals surface area contributed by atoms with E-state index in [4.69, 9.17) is 16.3 Å². The molecule has 1 amide bonds. The first-order valence-electron chi connectivity index (χ1n) is 5.15. The minimum Gasteiger partial charge on any atom is -0.481 e. The normalized spacial score (nSPS) is 19.5. The third-order valence-corrected chi connectivity index (χ3v) is 2.79. The molecule has 17 heavy (non-hydrogen) atoms. The number of aromatic nitrogens is 2. The minimum absolute atomic E-state index is 0.0285. The lowest BCUT2D eigenvalue weighted by Gasteiger charge is -2.14. The smallest absolute Gasteiger partial charge is 0.236 e. The summed E-state index contributed by atoms with van der Waals surface area (Å²) in [7, 11) is 1.49. The van der Waals surface area contributed by atoms with Crippen molar-refractivity contribution in [3.05, 3.63) is 23.9 Å². The average molecular weight is 254 g/mol. The molecule has 0 N–H and O–H groups in total. The van der Waals surface area contributed by atoms with Crippen LogP contribution in [-0.4, -0.2) is 29.5 Å². The van der Waals surface area contributed by atoms with Crippen LogP contribution in [0.4, 0.5) is 5.95 Å². The zero-order valence-corrected chi connectivity index (χ0v) is 10.1. The maximum absolute atomic E-state index is 11.8. The first-order chi connectivity index (χ1) is 8.13. The summed E-state index contributed by atoms with van der Waals surface area (Å²) in [4.78, 5) is 21.4. The third-order valence-electron chi connectivity index (χ3n) is 2.60. The number of carbonyl (C=O) groups is 1. The molecule has 2 rings (SSSR count). The Morgan fingerprint density at radius 3 is 3.00 bits per heavy atom. The van der Waals surface area contributed by atoms with Gasteiger partial charge in [-0.1, -0.05) is 17.7 Å². The first kappa shape index (κ1) is 11.9. The maximum atomic E-state index is 11.8. The molecule has 5 nitrogen and oxygen atoms in total. The van der Waals surface area contributed by atoms with Crippen LogP contribution in [0.25, 0.3) is 0 Å². The molecule has 6 heteroatoms. The van der Waals surface area contributed by atoms with Crippen molar-refractivity contribution in [1.29, 1.82) is 0 Å². The van der Waals surface area contributed by atoms with Gasteiger partial charge in [0.1, 0.15) is 5.15 Å². The molecule has 1 atom stereocenters. The molecule has 1 fully saturated rings. The molecule has 1 unspecified atom stereocenters. The number of halogens is 1. The van der Waals surface area contributed by atoms with Crippen LogP contribution in [0.5, 0.6) is 5.88 Å². The Labute approximate surface area is 104 Å². The van der Waals surface area contributed by atoms with Gasteiger partial charge in [0.2, 0.25) is 17.7 Å². The number of hydrogen-bond donors (Lipinski definition) is 0. The molecule has 1 aromatic heterocycles. The fraction of sp³-hybridized carbons (Fsp3) is 0.364. The van der Waals surface area contributed by atoms with E-state index in [9.17, 15) is 4.79 Å². The number of anilines is 1. The second kappa shape index (κ2) is 4.71. The van der Waals surface area contributed by atoms with Crippen molar-refractivity contribution < 1.29 is 9.53 Å². The van der Waals surface area contributed by atoms with Crippen LogP contribution < -0.4 is 9.64 Å².